The summed E-state index contributed by atoms with van der Waals surface area (Å²) < 4.78 is 35.1. The van der Waals surface area contributed by atoms with Crippen LogP contribution in [-0.4, -0.2) is 28.0 Å². The maximum Gasteiger partial charge on any atom is 0.265 e. The molecule has 0 fully saturated rings. The summed E-state index contributed by atoms with van der Waals surface area (Å²) in [6.45, 7) is 10.1. The Hall–Kier alpha value is -3.87. The van der Waals surface area contributed by atoms with Crippen LogP contribution in [0.3, 0.4) is 0 Å². The molecule has 1 aromatic heterocycles. The van der Waals surface area contributed by atoms with E-state index in [4.69, 9.17) is 4.74 Å². The number of allylic oxidation sites excluding steroid dienone is 2. The zero-order valence-electron chi connectivity index (χ0n) is 19.7. The molecule has 0 spiro atoms. The van der Waals surface area contributed by atoms with Crippen LogP contribution in [0.2, 0.25) is 0 Å². The number of ether oxygens (including phenoxy) is 1. The predicted octanol–water partition coefficient (Wildman–Crippen LogP) is 6.53. The zero-order valence-corrected chi connectivity index (χ0v) is 19.7. The van der Waals surface area contributed by atoms with Crippen LogP contribution >= 0.6 is 0 Å². The standard InChI is InChI=1S/C27H28F2N4O/c1-17-7-6-8-21(11-17)19(3)33-15-22(27(28)29)12-24(20(33)4)31-23-9-10-25(26(13-23)34-5)32-14-18(2)30-16-32/h6-16,19,27,31H,4H2,1-3,5H3/t19-/m0/s1. The van der Waals surface area contributed by atoms with Gasteiger partial charge in [-0.1, -0.05) is 36.4 Å². The summed E-state index contributed by atoms with van der Waals surface area (Å²) in [6, 6.07) is 13.4. The molecular formula is C27H28F2N4O. The van der Waals surface area contributed by atoms with E-state index in [9.17, 15) is 8.78 Å². The molecule has 0 bridgehead atoms. The second-order valence-corrected chi connectivity index (χ2v) is 8.37. The lowest BCUT2D eigenvalue weighted by molar-refractivity contribution is 0.189. The van der Waals surface area contributed by atoms with Crippen molar-refractivity contribution in [3.63, 3.8) is 0 Å². The number of anilines is 1. The minimum absolute atomic E-state index is 0.0770. The van der Waals surface area contributed by atoms with Gasteiger partial charge in [0.25, 0.3) is 6.43 Å². The van der Waals surface area contributed by atoms with Crippen molar-refractivity contribution in [2.24, 2.45) is 0 Å². The van der Waals surface area contributed by atoms with Crippen molar-refractivity contribution in [3.8, 4) is 11.4 Å². The Morgan fingerprint density at radius 1 is 1.12 bits per heavy atom. The average Bonchev–Trinajstić information content (AvgIpc) is 3.25. The van der Waals surface area contributed by atoms with Crippen LogP contribution in [0.25, 0.3) is 5.69 Å². The molecular weight excluding hydrogens is 434 g/mol. The minimum atomic E-state index is -2.61. The number of aromatic nitrogens is 2. The van der Waals surface area contributed by atoms with Crippen LogP contribution in [0.5, 0.6) is 5.75 Å². The van der Waals surface area contributed by atoms with Gasteiger partial charge in [-0.15, -0.1) is 0 Å². The van der Waals surface area contributed by atoms with Gasteiger partial charge in [0.15, 0.2) is 0 Å². The van der Waals surface area contributed by atoms with Gasteiger partial charge in [-0.25, -0.2) is 13.8 Å². The first kappa shape index (κ1) is 23.3. The van der Waals surface area contributed by atoms with E-state index in [1.54, 1.807) is 18.3 Å². The van der Waals surface area contributed by atoms with Gasteiger partial charge in [0, 0.05) is 29.7 Å². The molecule has 0 saturated heterocycles. The topological polar surface area (TPSA) is 42.3 Å². The Balaban J connectivity index is 1.64. The van der Waals surface area contributed by atoms with Crippen molar-refractivity contribution in [2.75, 3.05) is 12.4 Å². The second kappa shape index (κ2) is 9.55. The first-order chi connectivity index (χ1) is 16.3. The molecule has 1 N–H and O–H groups in total. The van der Waals surface area contributed by atoms with Gasteiger partial charge in [0.2, 0.25) is 0 Å². The Morgan fingerprint density at radius 3 is 2.56 bits per heavy atom. The summed E-state index contributed by atoms with van der Waals surface area (Å²) in [4.78, 5) is 6.05. The van der Waals surface area contributed by atoms with Gasteiger partial charge in [0.1, 0.15) is 5.75 Å². The molecule has 7 heteroatoms. The van der Waals surface area contributed by atoms with Gasteiger partial charge in [-0.2, -0.15) is 0 Å². The molecule has 0 saturated carbocycles. The number of benzene rings is 2. The third kappa shape index (κ3) is 4.73. The maximum atomic E-state index is 13.8. The minimum Gasteiger partial charge on any atom is -0.494 e. The fourth-order valence-electron chi connectivity index (χ4n) is 4.01. The molecule has 2 aromatic carbocycles. The first-order valence-corrected chi connectivity index (χ1v) is 11.0. The van der Waals surface area contributed by atoms with Gasteiger partial charge in [-0.3, -0.25) is 0 Å². The lowest BCUT2D eigenvalue weighted by Gasteiger charge is -2.35. The summed E-state index contributed by atoms with van der Waals surface area (Å²) in [5, 5.41) is 3.26. The highest BCUT2D eigenvalue weighted by Gasteiger charge is 2.26. The summed E-state index contributed by atoms with van der Waals surface area (Å²) in [7, 11) is 1.59. The predicted molar refractivity (Wildman–Crippen MR) is 131 cm³/mol. The van der Waals surface area contributed by atoms with E-state index in [2.05, 4.69) is 22.9 Å². The molecule has 4 rings (SSSR count). The molecule has 0 radical (unpaired) electrons. The Bertz CT molecular complexity index is 1280. The van der Waals surface area contributed by atoms with E-state index in [1.165, 1.54) is 12.3 Å². The van der Waals surface area contributed by atoms with Crippen molar-refractivity contribution in [1.29, 1.82) is 0 Å². The lowest BCUT2D eigenvalue weighted by atomic mass is 10.0. The molecule has 0 unspecified atom stereocenters. The highest BCUT2D eigenvalue weighted by Crippen LogP contribution is 2.35. The molecule has 5 nitrogen and oxygen atoms in total. The van der Waals surface area contributed by atoms with Gasteiger partial charge in [0.05, 0.1) is 42.3 Å². The molecule has 1 aliphatic heterocycles. The lowest BCUT2D eigenvalue weighted by Crippen LogP contribution is -2.27. The summed E-state index contributed by atoms with van der Waals surface area (Å²) in [5.74, 6) is 0.624. The molecule has 3 aromatic rings. The van der Waals surface area contributed by atoms with Crippen molar-refractivity contribution >= 4 is 5.69 Å². The van der Waals surface area contributed by atoms with Gasteiger partial charge >= 0.3 is 0 Å². The molecule has 1 aliphatic rings. The number of aryl methyl sites for hydroxylation is 2. The quantitative estimate of drug-likeness (QED) is 0.433. The summed E-state index contributed by atoms with van der Waals surface area (Å²) >= 11 is 0. The fraction of sp³-hybridized carbons (Fsp3) is 0.222. The van der Waals surface area contributed by atoms with Crippen LogP contribution in [0.1, 0.15) is 29.8 Å². The van der Waals surface area contributed by atoms with Crippen LogP contribution in [-0.2, 0) is 0 Å². The third-order valence-corrected chi connectivity index (χ3v) is 5.86. The maximum absolute atomic E-state index is 13.8. The molecule has 1 atom stereocenters. The highest BCUT2D eigenvalue weighted by molar-refractivity contribution is 5.63. The highest BCUT2D eigenvalue weighted by atomic mass is 19.3. The largest absolute Gasteiger partial charge is 0.494 e. The van der Waals surface area contributed by atoms with Crippen molar-refractivity contribution in [2.45, 2.75) is 33.2 Å². The summed E-state index contributed by atoms with van der Waals surface area (Å²) in [6.07, 6.45) is 3.94. The van der Waals surface area contributed by atoms with Crippen LogP contribution in [0, 0.1) is 13.8 Å². The number of alkyl halides is 2. The third-order valence-electron chi connectivity index (χ3n) is 5.86. The monoisotopic (exact) mass is 462 g/mol. The number of rotatable bonds is 7. The number of nitrogens with one attached hydrogen (secondary N) is 1. The number of imidazole rings is 1. The van der Waals surface area contributed by atoms with Crippen molar-refractivity contribution in [1.82, 2.24) is 14.5 Å². The first-order valence-electron chi connectivity index (χ1n) is 11.0. The number of hydrogen-bond donors (Lipinski definition) is 1. The Labute approximate surface area is 198 Å². The van der Waals surface area contributed by atoms with Crippen LogP contribution < -0.4 is 10.1 Å². The van der Waals surface area contributed by atoms with Crippen molar-refractivity contribution < 1.29 is 13.5 Å². The molecule has 0 aliphatic carbocycles. The van der Waals surface area contributed by atoms with E-state index >= 15 is 0 Å². The normalized spacial score (nSPS) is 14.7. The van der Waals surface area contributed by atoms with Crippen LogP contribution in [0.4, 0.5) is 14.5 Å². The Kier molecular flexibility index (Phi) is 6.54. The molecule has 176 valence electrons. The smallest absolute Gasteiger partial charge is 0.265 e. The van der Waals surface area contributed by atoms with Crippen LogP contribution in [0.15, 0.2) is 90.8 Å². The van der Waals surface area contributed by atoms with Gasteiger partial charge < -0.3 is 19.5 Å². The average molecular weight is 463 g/mol. The van der Waals surface area contributed by atoms with Gasteiger partial charge in [-0.05, 0) is 44.5 Å². The Morgan fingerprint density at radius 2 is 1.91 bits per heavy atom. The number of halogens is 2. The number of hydrogen-bond acceptors (Lipinski definition) is 4. The zero-order chi connectivity index (χ0) is 24.4. The van der Waals surface area contributed by atoms with E-state index in [-0.39, 0.29) is 11.6 Å². The second-order valence-electron chi connectivity index (χ2n) is 8.37. The van der Waals surface area contributed by atoms with Crippen molar-refractivity contribution in [3.05, 3.63) is 108 Å². The summed E-state index contributed by atoms with van der Waals surface area (Å²) in [5.41, 5.74) is 5.58. The fourth-order valence-corrected chi connectivity index (χ4v) is 4.01. The molecule has 0 amide bonds. The number of nitrogens with zero attached hydrogens (tertiary/aromatic N) is 3. The number of methoxy groups -OCH3 is 1. The molecule has 34 heavy (non-hydrogen) atoms. The molecule has 2 heterocycles. The van der Waals surface area contributed by atoms with E-state index in [0.717, 1.165) is 22.5 Å². The van der Waals surface area contributed by atoms with E-state index < -0.39 is 6.43 Å². The van der Waals surface area contributed by atoms with E-state index in [0.29, 0.717) is 22.8 Å². The SMILES string of the molecule is C=C1C(Nc2ccc(-n3cnc(C)c3)c(OC)c2)=CC(C(F)F)=CN1[C@@H](C)c1cccc(C)c1. The van der Waals surface area contributed by atoms with E-state index in [1.807, 2.05) is 67.9 Å².